The SMILES string of the molecule is Oc1ccc2c3c1OC1[C@H](O)CC[C@@]4(O)[C@@H](C2)N(CC2CC2)CC[C@]314.[Cl-]. The Morgan fingerprint density at radius 1 is 1.19 bits per heavy atom. The summed E-state index contributed by atoms with van der Waals surface area (Å²) in [6.07, 6.45) is 4.35. The van der Waals surface area contributed by atoms with Gasteiger partial charge in [0.15, 0.2) is 11.5 Å². The van der Waals surface area contributed by atoms with Gasteiger partial charge in [0, 0.05) is 18.2 Å². The Morgan fingerprint density at radius 2 is 2.00 bits per heavy atom. The van der Waals surface area contributed by atoms with Crippen molar-refractivity contribution in [3.63, 3.8) is 0 Å². The van der Waals surface area contributed by atoms with Gasteiger partial charge < -0.3 is 32.5 Å². The maximum absolute atomic E-state index is 12.0. The van der Waals surface area contributed by atoms with Crippen molar-refractivity contribution < 1.29 is 32.5 Å². The third kappa shape index (κ3) is 1.83. The number of ether oxygens (including phenoxy) is 1. The number of phenolic OH excluding ortho intramolecular Hbond substituents is 1. The summed E-state index contributed by atoms with van der Waals surface area (Å²) in [5, 5.41) is 33.1. The van der Waals surface area contributed by atoms with Crippen LogP contribution < -0.4 is 17.1 Å². The number of phenols is 1. The standard InChI is InChI=1S/C20H25NO4.ClH/c22-13-4-3-12-9-15-20(24)6-5-14(23)18-19(20,16(12)17(13)25-18)7-8-21(15)10-11-1-2-11;/h3-4,11,14-15,18,22-24H,1-2,5-10H2;1H/p-1/t14-,15-,18?,19+,20-;/m1./s1. The van der Waals surface area contributed by atoms with Crippen molar-refractivity contribution in [2.75, 3.05) is 13.1 Å². The lowest BCUT2D eigenvalue weighted by Gasteiger charge is -2.63. The zero-order chi connectivity index (χ0) is 17.0. The van der Waals surface area contributed by atoms with Gasteiger partial charge in [0.1, 0.15) is 6.10 Å². The Balaban J connectivity index is 0.00000150. The number of benzene rings is 1. The molecule has 26 heavy (non-hydrogen) atoms. The number of hydrogen-bond donors (Lipinski definition) is 3. The van der Waals surface area contributed by atoms with E-state index in [2.05, 4.69) is 4.90 Å². The molecule has 5 aliphatic rings. The van der Waals surface area contributed by atoms with Crippen LogP contribution in [-0.4, -0.2) is 57.2 Å². The van der Waals surface area contributed by atoms with Crippen LogP contribution in [0.4, 0.5) is 0 Å². The summed E-state index contributed by atoms with van der Waals surface area (Å²) in [5.41, 5.74) is 0.716. The van der Waals surface area contributed by atoms with Crippen molar-refractivity contribution in [1.29, 1.82) is 0 Å². The van der Waals surface area contributed by atoms with E-state index in [0.717, 1.165) is 37.4 Å². The minimum atomic E-state index is -0.879. The summed E-state index contributed by atoms with van der Waals surface area (Å²) in [6.45, 7) is 2.02. The van der Waals surface area contributed by atoms with Crippen LogP contribution in [0.25, 0.3) is 0 Å². The van der Waals surface area contributed by atoms with Crippen LogP contribution in [0.2, 0.25) is 0 Å². The molecule has 6 rings (SSSR count). The number of rotatable bonds is 2. The fourth-order valence-corrected chi connectivity index (χ4v) is 6.46. The van der Waals surface area contributed by atoms with Crippen LogP contribution in [0.1, 0.15) is 43.2 Å². The lowest BCUT2D eigenvalue weighted by atomic mass is 9.48. The fourth-order valence-electron chi connectivity index (χ4n) is 6.46. The molecule has 0 amide bonds. The van der Waals surface area contributed by atoms with Gasteiger partial charge in [-0.25, -0.2) is 0 Å². The Bertz CT molecular complexity index is 768. The first-order chi connectivity index (χ1) is 12.0. The Kier molecular flexibility index (Phi) is 3.48. The number of hydrogen-bond acceptors (Lipinski definition) is 5. The van der Waals surface area contributed by atoms with Gasteiger partial charge in [0.05, 0.1) is 17.1 Å². The third-order valence-corrected chi connectivity index (χ3v) is 7.73. The van der Waals surface area contributed by atoms with Gasteiger partial charge >= 0.3 is 0 Å². The number of halogens is 1. The van der Waals surface area contributed by atoms with E-state index >= 15 is 0 Å². The summed E-state index contributed by atoms with van der Waals surface area (Å²) in [4.78, 5) is 2.51. The van der Waals surface area contributed by atoms with Crippen molar-refractivity contribution in [2.24, 2.45) is 5.92 Å². The highest BCUT2D eigenvalue weighted by Gasteiger charge is 2.72. The maximum atomic E-state index is 12.0. The van der Waals surface area contributed by atoms with E-state index in [9.17, 15) is 15.3 Å². The smallest absolute Gasteiger partial charge is 0.165 e. The summed E-state index contributed by atoms with van der Waals surface area (Å²) >= 11 is 0. The molecule has 1 aromatic carbocycles. The average Bonchev–Trinajstić information content (AvgIpc) is 3.32. The first-order valence-corrected chi connectivity index (χ1v) is 9.71. The summed E-state index contributed by atoms with van der Waals surface area (Å²) in [5.74, 6) is 1.44. The largest absolute Gasteiger partial charge is 1.00 e. The molecule has 0 aromatic heterocycles. The van der Waals surface area contributed by atoms with E-state index < -0.39 is 23.2 Å². The van der Waals surface area contributed by atoms with Crippen molar-refractivity contribution in [1.82, 2.24) is 4.90 Å². The van der Waals surface area contributed by atoms with Crippen LogP contribution in [0.5, 0.6) is 11.5 Å². The van der Waals surface area contributed by atoms with E-state index in [1.54, 1.807) is 6.07 Å². The van der Waals surface area contributed by atoms with E-state index in [4.69, 9.17) is 4.74 Å². The molecule has 2 heterocycles. The van der Waals surface area contributed by atoms with Crippen LogP contribution in [0.15, 0.2) is 12.1 Å². The molecule has 2 saturated carbocycles. The van der Waals surface area contributed by atoms with Crippen LogP contribution in [0.3, 0.4) is 0 Å². The number of aliphatic hydroxyl groups excluding tert-OH is 1. The predicted molar refractivity (Wildman–Crippen MR) is 90.8 cm³/mol. The first kappa shape index (κ1) is 17.1. The van der Waals surface area contributed by atoms with Crippen LogP contribution in [-0.2, 0) is 11.8 Å². The molecule has 1 unspecified atom stereocenters. The Morgan fingerprint density at radius 3 is 2.77 bits per heavy atom. The summed E-state index contributed by atoms with van der Waals surface area (Å²) < 4.78 is 6.14. The van der Waals surface area contributed by atoms with Gasteiger partial charge in [-0.1, -0.05) is 6.07 Å². The van der Waals surface area contributed by atoms with Gasteiger partial charge in [0.25, 0.3) is 0 Å². The molecule has 1 spiro atoms. The molecular weight excluding hydrogens is 354 g/mol. The van der Waals surface area contributed by atoms with E-state index in [1.807, 2.05) is 6.07 Å². The van der Waals surface area contributed by atoms with Gasteiger partial charge in [-0.15, -0.1) is 0 Å². The Labute approximate surface area is 159 Å². The average molecular weight is 379 g/mol. The van der Waals surface area contributed by atoms with Crippen molar-refractivity contribution >= 4 is 0 Å². The molecule has 3 N–H and O–H groups in total. The second-order valence-electron chi connectivity index (χ2n) is 8.90. The van der Waals surface area contributed by atoms with Gasteiger partial charge in [-0.3, -0.25) is 4.90 Å². The number of aromatic hydroxyl groups is 1. The predicted octanol–water partition coefficient (Wildman–Crippen LogP) is -1.68. The minimum absolute atomic E-state index is 0. The van der Waals surface area contributed by atoms with E-state index in [1.165, 1.54) is 18.4 Å². The molecule has 1 saturated heterocycles. The molecule has 5 atom stereocenters. The Hall–Kier alpha value is -1.01. The molecule has 2 aliphatic heterocycles. The van der Waals surface area contributed by atoms with Crippen molar-refractivity contribution in [2.45, 2.75) is 67.8 Å². The van der Waals surface area contributed by atoms with Crippen LogP contribution in [0, 0.1) is 5.92 Å². The third-order valence-electron chi connectivity index (χ3n) is 7.73. The number of aliphatic hydroxyl groups is 2. The van der Waals surface area contributed by atoms with Crippen molar-refractivity contribution in [3.05, 3.63) is 23.3 Å². The van der Waals surface area contributed by atoms with E-state index in [0.29, 0.717) is 18.6 Å². The van der Waals surface area contributed by atoms with Gasteiger partial charge in [-0.05, 0) is 62.6 Å². The highest BCUT2D eigenvalue weighted by atomic mass is 35.5. The maximum Gasteiger partial charge on any atom is 0.165 e. The minimum Gasteiger partial charge on any atom is -1.00 e. The first-order valence-electron chi connectivity index (χ1n) is 9.71. The lowest BCUT2D eigenvalue weighted by Crippen LogP contribution is -3.00. The second-order valence-corrected chi connectivity index (χ2v) is 8.90. The molecule has 142 valence electrons. The second kappa shape index (κ2) is 5.28. The molecule has 3 fully saturated rings. The fraction of sp³-hybridized carbons (Fsp3) is 0.700. The zero-order valence-electron chi connectivity index (χ0n) is 14.7. The topological polar surface area (TPSA) is 73.2 Å². The highest BCUT2D eigenvalue weighted by Crippen LogP contribution is 2.65. The monoisotopic (exact) mass is 378 g/mol. The van der Waals surface area contributed by atoms with Crippen molar-refractivity contribution in [3.8, 4) is 11.5 Å². The summed E-state index contributed by atoms with van der Waals surface area (Å²) in [7, 11) is 0. The molecule has 2 bridgehead atoms. The number of likely N-dealkylation sites (tertiary alicyclic amines) is 1. The molecule has 1 aromatic rings. The number of piperidine rings is 1. The van der Waals surface area contributed by atoms with E-state index in [-0.39, 0.29) is 24.2 Å². The highest BCUT2D eigenvalue weighted by molar-refractivity contribution is 5.62. The molecule has 3 aliphatic carbocycles. The molecule has 5 nitrogen and oxygen atoms in total. The quantitative estimate of drug-likeness (QED) is 0.573. The molecule has 0 radical (unpaired) electrons. The molecule has 6 heteroatoms. The zero-order valence-corrected chi connectivity index (χ0v) is 15.5. The van der Waals surface area contributed by atoms with Gasteiger partial charge in [0.2, 0.25) is 0 Å². The molecular formula is C20H25ClNO4-. The van der Waals surface area contributed by atoms with Crippen LogP contribution >= 0.6 is 0 Å². The lowest BCUT2D eigenvalue weighted by molar-refractivity contribution is -0.208. The number of nitrogens with zero attached hydrogens (tertiary/aromatic N) is 1. The van der Waals surface area contributed by atoms with Gasteiger partial charge in [-0.2, -0.15) is 0 Å². The summed E-state index contributed by atoms with van der Waals surface area (Å²) in [6, 6.07) is 3.79. The normalized spacial score (nSPS) is 42.6.